The molecule has 7 heteroatoms. The van der Waals surface area contributed by atoms with Crippen LogP contribution in [0.4, 0.5) is 4.39 Å². The normalized spacial score (nSPS) is 11.8. The minimum absolute atomic E-state index is 0.00537. The highest BCUT2D eigenvalue weighted by atomic mass is 35.5. The topological polar surface area (TPSA) is 58.2 Å². The van der Waals surface area contributed by atoms with Gasteiger partial charge in [-0.05, 0) is 36.1 Å². The van der Waals surface area contributed by atoms with Gasteiger partial charge in [0, 0.05) is 6.54 Å². The van der Waals surface area contributed by atoms with Gasteiger partial charge in [0.15, 0.2) is 0 Å². The Morgan fingerprint density at radius 1 is 1.36 bits per heavy atom. The van der Waals surface area contributed by atoms with E-state index < -0.39 is 11.9 Å². The number of hydrogen-bond acceptors (Lipinski definition) is 3. The summed E-state index contributed by atoms with van der Waals surface area (Å²) in [4.78, 5) is 24.3. The number of thiophene rings is 1. The predicted molar refractivity (Wildman–Crippen MR) is 84.5 cm³/mol. The molecule has 2 amide bonds. The van der Waals surface area contributed by atoms with Gasteiger partial charge >= 0.3 is 0 Å². The van der Waals surface area contributed by atoms with E-state index in [1.807, 2.05) is 0 Å². The fraction of sp³-hybridized carbons (Fsp3) is 0.200. The van der Waals surface area contributed by atoms with Crippen LogP contribution in [0.25, 0.3) is 0 Å². The van der Waals surface area contributed by atoms with Crippen LogP contribution < -0.4 is 10.6 Å². The van der Waals surface area contributed by atoms with Crippen molar-refractivity contribution in [1.82, 2.24) is 10.6 Å². The van der Waals surface area contributed by atoms with E-state index in [9.17, 15) is 14.0 Å². The Morgan fingerprint density at radius 3 is 2.77 bits per heavy atom. The van der Waals surface area contributed by atoms with E-state index in [0.29, 0.717) is 10.4 Å². The third-order valence-corrected chi connectivity index (χ3v) is 4.09. The summed E-state index contributed by atoms with van der Waals surface area (Å²) in [5.41, 5.74) is 0.677. The van der Waals surface area contributed by atoms with Gasteiger partial charge in [-0.2, -0.15) is 0 Å². The van der Waals surface area contributed by atoms with Gasteiger partial charge in [-0.25, -0.2) is 4.39 Å². The first-order valence-corrected chi connectivity index (χ1v) is 7.79. The maximum Gasteiger partial charge on any atom is 0.261 e. The first-order chi connectivity index (χ1) is 10.5. The van der Waals surface area contributed by atoms with E-state index in [4.69, 9.17) is 11.6 Å². The van der Waals surface area contributed by atoms with Crippen LogP contribution in [0.5, 0.6) is 0 Å². The average Bonchev–Trinajstić information content (AvgIpc) is 3.02. The Hall–Kier alpha value is -1.92. The molecule has 0 aliphatic heterocycles. The Bertz CT molecular complexity index is 676. The molecule has 0 spiro atoms. The van der Waals surface area contributed by atoms with Gasteiger partial charge in [0.1, 0.15) is 11.9 Å². The number of benzene rings is 1. The number of nitrogens with one attached hydrogen (secondary N) is 2. The van der Waals surface area contributed by atoms with Crippen molar-refractivity contribution in [2.45, 2.75) is 19.5 Å². The first-order valence-electron chi connectivity index (χ1n) is 6.53. The highest BCUT2D eigenvalue weighted by Gasteiger charge is 2.16. The second-order valence-electron chi connectivity index (χ2n) is 4.64. The molecular formula is C15H14ClFN2O2S. The molecule has 116 valence electrons. The van der Waals surface area contributed by atoms with Gasteiger partial charge in [-0.3, -0.25) is 9.59 Å². The van der Waals surface area contributed by atoms with E-state index in [1.165, 1.54) is 29.5 Å². The van der Waals surface area contributed by atoms with Crippen molar-refractivity contribution in [3.8, 4) is 0 Å². The molecular weight excluding hydrogens is 327 g/mol. The van der Waals surface area contributed by atoms with Crippen LogP contribution in [0.2, 0.25) is 5.02 Å². The number of carbonyl (C=O) groups is 2. The predicted octanol–water partition coefficient (Wildman–Crippen LogP) is 2.98. The quantitative estimate of drug-likeness (QED) is 0.879. The standard InChI is InChI=1S/C15H14ClFN2O2S/c1-9(19-15(21)13-3-2-6-22-13)14(20)18-8-10-4-5-12(17)11(16)7-10/h2-7,9H,8H2,1H3,(H,18,20)(H,19,21)/t9-/m0/s1. The molecule has 0 bridgehead atoms. The molecule has 0 aliphatic carbocycles. The van der Waals surface area contributed by atoms with Crippen LogP contribution in [0, 0.1) is 5.82 Å². The van der Waals surface area contributed by atoms with Crippen LogP contribution >= 0.6 is 22.9 Å². The molecule has 1 heterocycles. The van der Waals surface area contributed by atoms with Crippen LogP contribution in [-0.2, 0) is 11.3 Å². The molecule has 0 aliphatic rings. The highest BCUT2D eigenvalue weighted by molar-refractivity contribution is 7.12. The van der Waals surface area contributed by atoms with Crippen LogP contribution in [0.3, 0.4) is 0 Å². The Kier molecular flexibility index (Phi) is 5.51. The van der Waals surface area contributed by atoms with Gasteiger partial charge in [0.25, 0.3) is 5.91 Å². The van der Waals surface area contributed by atoms with Gasteiger partial charge in [0.05, 0.1) is 9.90 Å². The summed E-state index contributed by atoms with van der Waals surface area (Å²) in [6.45, 7) is 1.80. The maximum atomic E-state index is 13.0. The molecule has 22 heavy (non-hydrogen) atoms. The number of rotatable bonds is 5. The molecule has 2 rings (SSSR count). The lowest BCUT2D eigenvalue weighted by Gasteiger charge is -2.13. The van der Waals surface area contributed by atoms with E-state index in [2.05, 4.69) is 10.6 Å². The zero-order valence-electron chi connectivity index (χ0n) is 11.7. The molecule has 0 saturated heterocycles. The van der Waals surface area contributed by atoms with Crippen molar-refractivity contribution in [2.75, 3.05) is 0 Å². The lowest BCUT2D eigenvalue weighted by molar-refractivity contribution is -0.122. The van der Waals surface area contributed by atoms with E-state index in [0.717, 1.165) is 0 Å². The third-order valence-electron chi connectivity index (χ3n) is 2.94. The zero-order valence-corrected chi connectivity index (χ0v) is 13.3. The zero-order chi connectivity index (χ0) is 16.1. The fourth-order valence-corrected chi connectivity index (χ4v) is 2.56. The van der Waals surface area contributed by atoms with Crippen LogP contribution in [0.15, 0.2) is 35.7 Å². The minimum atomic E-state index is -0.675. The molecule has 1 aromatic heterocycles. The van der Waals surface area contributed by atoms with Gasteiger partial charge in [-0.1, -0.05) is 23.7 Å². The summed E-state index contributed by atoms with van der Waals surface area (Å²) in [6.07, 6.45) is 0. The molecule has 1 aromatic carbocycles. The molecule has 4 nitrogen and oxygen atoms in total. The smallest absolute Gasteiger partial charge is 0.261 e. The summed E-state index contributed by atoms with van der Waals surface area (Å²) in [7, 11) is 0. The van der Waals surface area contributed by atoms with Gasteiger partial charge in [-0.15, -0.1) is 11.3 Å². The first kappa shape index (κ1) is 16.5. The van der Waals surface area contributed by atoms with Crippen molar-refractivity contribution in [2.24, 2.45) is 0 Å². The van der Waals surface area contributed by atoms with Crippen molar-refractivity contribution in [1.29, 1.82) is 0 Å². The lowest BCUT2D eigenvalue weighted by atomic mass is 10.2. The highest BCUT2D eigenvalue weighted by Crippen LogP contribution is 2.15. The summed E-state index contributed by atoms with van der Waals surface area (Å²) >= 11 is 6.98. The molecule has 0 saturated carbocycles. The number of carbonyl (C=O) groups excluding carboxylic acids is 2. The largest absolute Gasteiger partial charge is 0.350 e. The molecule has 2 aromatic rings. The second-order valence-corrected chi connectivity index (χ2v) is 5.99. The number of amides is 2. The van der Waals surface area contributed by atoms with Crippen molar-refractivity contribution in [3.05, 3.63) is 57.0 Å². The summed E-state index contributed by atoms with van der Waals surface area (Å²) < 4.78 is 13.0. The monoisotopic (exact) mass is 340 g/mol. The molecule has 1 atom stereocenters. The van der Waals surface area contributed by atoms with E-state index >= 15 is 0 Å². The summed E-state index contributed by atoms with van der Waals surface area (Å²) in [5, 5.41) is 7.07. The SMILES string of the molecule is C[C@H](NC(=O)c1cccs1)C(=O)NCc1ccc(F)c(Cl)c1. The Labute approximate surface area is 136 Å². The summed E-state index contributed by atoms with van der Waals surface area (Å²) in [6, 6.07) is 7.01. The Balaban J connectivity index is 1.86. The third kappa shape index (κ3) is 4.29. The molecule has 2 N–H and O–H groups in total. The fourth-order valence-electron chi connectivity index (χ4n) is 1.73. The van der Waals surface area contributed by atoms with E-state index in [-0.39, 0.29) is 23.4 Å². The maximum absolute atomic E-state index is 13.0. The number of hydrogen-bond donors (Lipinski definition) is 2. The van der Waals surface area contributed by atoms with E-state index in [1.54, 1.807) is 24.4 Å². The van der Waals surface area contributed by atoms with Gasteiger partial charge < -0.3 is 10.6 Å². The van der Waals surface area contributed by atoms with Crippen molar-refractivity contribution in [3.63, 3.8) is 0 Å². The Morgan fingerprint density at radius 2 is 2.14 bits per heavy atom. The number of halogens is 2. The second kappa shape index (κ2) is 7.38. The molecule has 0 radical (unpaired) electrons. The van der Waals surface area contributed by atoms with Crippen molar-refractivity contribution < 1.29 is 14.0 Å². The lowest BCUT2D eigenvalue weighted by Crippen LogP contribution is -2.44. The molecule has 0 fully saturated rings. The van der Waals surface area contributed by atoms with Gasteiger partial charge in [0.2, 0.25) is 5.91 Å². The summed E-state index contributed by atoms with van der Waals surface area (Å²) in [5.74, 6) is -1.12. The average molecular weight is 341 g/mol. The van der Waals surface area contributed by atoms with Crippen molar-refractivity contribution >= 4 is 34.8 Å². The minimum Gasteiger partial charge on any atom is -0.350 e. The van der Waals surface area contributed by atoms with Crippen LogP contribution in [0.1, 0.15) is 22.2 Å². The van der Waals surface area contributed by atoms with Crippen LogP contribution in [-0.4, -0.2) is 17.9 Å². The molecule has 0 unspecified atom stereocenters.